The zero-order valence-corrected chi connectivity index (χ0v) is 12.2. The van der Waals surface area contributed by atoms with E-state index in [2.05, 4.69) is 37.0 Å². The van der Waals surface area contributed by atoms with Crippen molar-refractivity contribution in [3.05, 3.63) is 70.1 Å². The van der Waals surface area contributed by atoms with Crippen LogP contribution in [0.1, 0.15) is 28.4 Å². The summed E-state index contributed by atoms with van der Waals surface area (Å²) in [5.41, 5.74) is 11.8. The number of fused-ring (bicyclic) bond motifs is 1. The van der Waals surface area contributed by atoms with Crippen LogP contribution in [0, 0.1) is 13.8 Å². The molecule has 1 atom stereocenters. The number of imidazole rings is 1. The molecule has 0 radical (unpaired) electrons. The maximum absolute atomic E-state index is 6.39. The predicted molar refractivity (Wildman–Crippen MR) is 82.1 cm³/mol. The minimum atomic E-state index is -0.220. The van der Waals surface area contributed by atoms with Gasteiger partial charge in [0.1, 0.15) is 5.65 Å². The van der Waals surface area contributed by atoms with Crippen LogP contribution < -0.4 is 5.73 Å². The summed E-state index contributed by atoms with van der Waals surface area (Å²) >= 11 is 6.05. The molecule has 0 aliphatic rings. The van der Waals surface area contributed by atoms with Crippen molar-refractivity contribution in [2.24, 2.45) is 5.73 Å². The molecule has 3 aromatic rings. The normalized spacial score (nSPS) is 12.8. The summed E-state index contributed by atoms with van der Waals surface area (Å²) in [4.78, 5) is 4.37. The molecule has 0 saturated heterocycles. The number of nitrogens with zero attached hydrogens (tertiary/aromatic N) is 2. The van der Waals surface area contributed by atoms with Crippen molar-refractivity contribution in [1.82, 2.24) is 9.38 Å². The molecule has 2 N–H and O–H groups in total. The fourth-order valence-corrected chi connectivity index (χ4v) is 2.49. The van der Waals surface area contributed by atoms with E-state index in [1.807, 2.05) is 28.9 Å². The van der Waals surface area contributed by atoms with Crippen LogP contribution in [0.2, 0.25) is 5.02 Å². The molecule has 0 fully saturated rings. The largest absolute Gasteiger partial charge is 0.319 e. The average Bonchev–Trinajstić information content (AvgIpc) is 2.84. The first-order valence-corrected chi connectivity index (χ1v) is 6.89. The molecule has 0 aliphatic carbocycles. The molecule has 1 unspecified atom stereocenters. The summed E-state index contributed by atoms with van der Waals surface area (Å²) in [5.74, 6) is 0. The fraction of sp³-hybridized carbons (Fsp3) is 0.188. The van der Waals surface area contributed by atoms with Crippen molar-refractivity contribution < 1.29 is 0 Å². The second kappa shape index (κ2) is 4.93. The van der Waals surface area contributed by atoms with E-state index < -0.39 is 0 Å². The molecular weight excluding hydrogens is 270 g/mol. The number of benzene rings is 1. The second-order valence-electron chi connectivity index (χ2n) is 5.08. The van der Waals surface area contributed by atoms with Crippen LogP contribution in [0.25, 0.3) is 5.65 Å². The molecule has 1 aromatic carbocycles. The van der Waals surface area contributed by atoms with E-state index in [0.717, 1.165) is 16.9 Å². The van der Waals surface area contributed by atoms with Crippen molar-refractivity contribution in [3.8, 4) is 0 Å². The highest BCUT2D eigenvalue weighted by Crippen LogP contribution is 2.23. The first kappa shape index (κ1) is 13.2. The number of rotatable bonds is 2. The zero-order valence-electron chi connectivity index (χ0n) is 11.5. The van der Waals surface area contributed by atoms with E-state index in [9.17, 15) is 0 Å². The van der Waals surface area contributed by atoms with Crippen molar-refractivity contribution in [1.29, 1.82) is 0 Å². The highest BCUT2D eigenvalue weighted by molar-refractivity contribution is 6.30. The van der Waals surface area contributed by atoms with Gasteiger partial charge < -0.3 is 10.1 Å². The minimum Gasteiger partial charge on any atom is -0.319 e. The van der Waals surface area contributed by atoms with Crippen LogP contribution in [0.15, 0.2) is 42.7 Å². The van der Waals surface area contributed by atoms with Crippen LogP contribution in [-0.4, -0.2) is 9.38 Å². The summed E-state index contributed by atoms with van der Waals surface area (Å²) in [5, 5.41) is 0.670. The van der Waals surface area contributed by atoms with Gasteiger partial charge in [-0.1, -0.05) is 29.8 Å². The Morgan fingerprint density at radius 2 is 1.95 bits per heavy atom. The maximum atomic E-state index is 6.39. The van der Waals surface area contributed by atoms with Gasteiger partial charge in [0.25, 0.3) is 0 Å². The molecule has 2 heterocycles. The molecule has 3 rings (SSSR count). The first-order chi connectivity index (χ1) is 9.56. The lowest BCUT2D eigenvalue weighted by Gasteiger charge is -2.13. The molecule has 102 valence electrons. The van der Waals surface area contributed by atoms with Crippen LogP contribution >= 0.6 is 11.6 Å². The van der Waals surface area contributed by atoms with Gasteiger partial charge in [-0.05, 0) is 42.7 Å². The highest BCUT2D eigenvalue weighted by atomic mass is 35.5. The maximum Gasteiger partial charge on any atom is 0.137 e. The number of nitrogens with two attached hydrogens (primary N) is 1. The Hall–Kier alpha value is -1.84. The third-order valence-electron chi connectivity index (χ3n) is 3.71. The van der Waals surface area contributed by atoms with E-state index in [1.165, 1.54) is 11.1 Å². The van der Waals surface area contributed by atoms with Gasteiger partial charge in [-0.15, -0.1) is 0 Å². The summed E-state index contributed by atoms with van der Waals surface area (Å²) in [6.07, 6.45) is 3.66. The van der Waals surface area contributed by atoms with Crippen LogP contribution in [0.5, 0.6) is 0 Å². The van der Waals surface area contributed by atoms with Gasteiger partial charge in [-0.3, -0.25) is 0 Å². The monoisotopic (exact) mass is 285 g/mol. The molecule has 0 saturated carbocycles. The summed E-state index contributed by atoms with van der Waals surface area (Å²) in [6, 6.07) is 9.79. The molecule has 0 spiro atoms. The van der Waals surface area contributed by atoms with Gasteiger partial charge in [0.2, 0.25) is 0 Å². The third-order valence-corrected chi connectivity index (χ3v) is 3.93. The van der Waals surface area contributed by atoms with Crippen LogP contribution in [0.4, 0.5) is 0 Å². The Morgan fingerprint density at radius 1 is 1.15 bits per heavy atom. The Bertz CT molecular complexity index is 776. The standard InChI is InChI=1S/C16H16ClN3/c1-10-3-4-12(7-11(10)2)16(18)14-8-19-15-6-5-13(17)9-20(14)15/h3-9,16H,18H2,1-2H3. The van der Waals surface area contributed by atoms with E-state index >= 15 is 0 Å². The Kier molecular flexibility index (Phi) is 3.24. The highest BCUT2D eigenvalue weighted by Gasteiger charge is 2.14. The third kappa shape index (κ3) is 2.19. The van der Waals surface area contributed by atoms with E-state index in [0.29, 0.717) is 5.02 Å². The Balaban J connectivity index is 2.09. The number of hydrogen-bond donors (Lipinski definition) is 1. The van der Waals surface area contributed by atoms with Gasteiger partial charge in [0, 0.05) is 6.20 Å². The predicted octanol–water partition coefficient (Wildman–Crippen LogP) is 3.65. The smallest absolute Gasteiger partial charge is 0.137 e. The minimum absolute atomic E-state index is 0.220. The molecule has 3 nitrogen and oxygen atoms in total. The number of halogens is 1. The summed E-state index contributed by atoms with van der Waals surface area (Å²) in [7, 11) is 0. The molecule has 2 aromatic heterocycles. The zero-order chi connectivity index (χ0) is 14.3. The SMILES string of the molecule is Cc1ccc(C(N)c2cnc3ccc(Cl)cn23)cc1C. The quantitative estimate of drug-likeness (QED) is 0.781. The molecule has 4 heteroatoms. The van der Waals surface area contributed by atoms with E-state index in [1.54, 1.807) is 0 Å². The molecule has 0 amide bonds. The van der Waals surface area contributed by atoms with Crippen LogP contribution in [-0.2, 0) is 0 Å². The van der Waals surface area contributed by atoms with Crippen LogP contribution in [0.3, 0.4) is 0 Å². The molecule has 0 aliphatic heterocycles. The topological polar surface area (TPSA) is 43.3 Å². The van der Waals surface area contributed by atoms with Crippen molar-refractivity contribution in [2.75, 3.05) is 0 Å². The average molecular weight is 286 g/mol. The van der Waals surface area contributed by atoms with Gasteiger partial charge in [-0.25, -0.2) is 4.98 Å². The van der Waals surface area contributed by atoms with Gasteiger partial charge in [0.15, 0.2) is 0 Å². The van der Waals surface area contributed by atoms with Gasteiger partial charge in [0.05, 0.1) is 23.0 Å². The Labute approximate surface area is 123 Å². The number of hydrogen-bond acceptors (Lipinski definition) is 2. The number of aryl methyl sites for hydroxylation is 2. The summed E-state index contributed by atoms with van der Waals surface area (Å²) < 4.78 is 1.95. The van der Waals surface area contributed by atoms with Gasteiger partial charge in [-0.2, -0.15) is 0 Å². The van der Waals surface area contributed by atoms with E-state index in [-0.39, 0.29) is 6.04 Å². The lowest BCUT2D eigenvalue weighted by Crippen LogP contribution is -2.14. The van der Waals surface area contributed by atoms with Crippen molar-refractivity contribution in [2.45, 2.75) is 19.9 Å². The molecule has 0 bridgehead atoms. The van der Waals surface area contributed by atoms with E-state index in [4.69, 9.17) is 17.3 Å². The lowest BCUT2D eigenvalue weighted by molar-refractivity contribution is 0.813. The first-order valence-electron chi connectivity index (χ1n) is 6.51. The fourth-order valence-electron chi connectivity index (χ4n) is 2.33. The lowest BCUT2D eigenvalue weighted by atomic mass is 10.00. The molecular formula is C16H16ClN3. The number of pyridine rings is 1. The number of aromatic nitrogens is 2. The molecule has 20 heavy (non-hydrogen) atoms. The summed E-state index contributed by atoms with van der Waals surface area (Å²) in [6.45, 7) is 4.19. The van der Waals surface area contributed by atoms with Gasteiger partial charge >= 0.3 is 0 Å². The second-order valence-corrected chi connectivity index (χ2v) is 5.52. The van der Waals surface area contributed by atoms with Crippen molar-refractivity contribution >= 4 is 17.2 Å². The Morgan fingerprint density at radius 3 is 2.70 bits per heavy atom. The van der Waals surface area contributed by atoms with Crippen molar-refractivity contribution in [3.63, 3.8) is 0 Å².